The minimum Gasteiger partial charge on any atom is -0.240 e. The fraction of sp³-hybridized carbons (Fsp3) is 0.714. The number of alkyl halides is 7. The lowest BCUT2D eigenvalue weighted by atomic mass is 10.1. The first-order valence-electron chi connectivity index (χ1n) is 3.47. The van der Waals surface area contributed by atoms with E-state index in [9.17, 15) is 30.7 Å². The van der Waals surface area contributed by atoms with Crippen molar-refractivity contribution in [2.45, 2.75) is 30.9 Å². The average molecular weight is 224 g/mol. The molecule has 84 valence electrons. The zero-order valence-electron chi connectivity index (χ0n) is 6.79. The van der Waals surface area contributed by atoms with Crippen molar-refractivity contribution in [2.24, 2.45) is 0 Å². The molecule has 0 aliphatic carbocycles. The highest BCUT2D eigenvalue weighted by Crippen LogP contribution is 2.32. The normalized spacial score (nSPS) is 17.6. The second-order valence-electron chi connectivity index (χ2n) is 2.59. The van der Waals surface area contributed by atoms with Gasteiger partial charge in [0.15, 0.2) is 12.3 Å². The predicted octanol–water partition coefficient (Wildman–Crippen LogP) is 3.44. The van der Waals surface area contributed by atoms with Crippen molar-refractivity contribution >= 4 is 0 Å². The van der Waals surface area contributed by atoms with E-state index in [0.29, 0.717) is 0 Å². The molecule has 0 saturated heterocycles. The third kappa shape index (κ3) is 3.55. The molecule has 0 aliphatic heterocycles. The summed E-state index contributed by atoms with van der Waals surface area (Å²) >= 11 is 0. The molecule has 2 atom stereocenters. The van der Waals surface area contributed by atoms with E-state index in [1.165, 1.54) is 0 Å². The summed E-state index contributed by atoms with van der Waals surface area (Å²) in [7, 11) is 0. The maximum absolute atomic E-state index is 12.4. The number of hydrogen-bond donors (Lipinski definition) is 0. The van der Waals surface area contributed by atoms with Gasteiger partial charge in [0.1, 0.15) is 0 Å². The molecule has 2 unspecified atom stereocenters. The van der Waals surface area contributed by atoms with Gasteiger partial charge < -0.3 is 0 Å². The largest absolute Gasteiger partial charge is 0.419 e. The first-order chi connectivity index (χ1) is 6.11. The molecule has 0 bridgehead atoms. The van der Waals surface area contributed by atoms with E-state index in [-0.39, 0.29) is 6.08 Å². The molecule has 14 heavy (non-hydrogen) atoms. The summed E-state index contributed by atoms with van der Waals surface area (Å²) in [6, 6.07) is 0. The van der Waals surface area contributed by atoms with Crippen LogP contribution < -0.4 is 0 Å². The molecule has 0 spiro atoms. The van der Waals surface area contributed by atoms with Crippen molar-refractivity contribution in [3.05, 3.63) is 12.7 Å². The summed E-state index contributed by atoms with van der Waals surface area (Å²) in [6.07, 6.45) is -14.2. The van der Waals surface area contributed by atoms with E-state index in [2.05, 4.69) is 6.58 Å². The van der Waals surface area contributed by atoms with Crippen LogP contribution in [0.25, 0.3) is 0 Å². The molecule has 0 saturated carbocycles. The molecule has 0 heterocycles. The SMILES string of the molecule is C=CC(F)(F)C(F)CC(F)C(F)(F)F. The number of halogens is 7. The Hall–Kier alpha value is -0.750. The molecule has 0 aliphatic rings. The third-order valence-electron chi connectivity index (χ3n) is 1.46. The minimum absolute atomic E-state index is 0.152. The van der Waals surface area contributed by atoms with E-state index >= 15 is 0 Å². The Morgan fingerprint density at radius 1 is 1.00 bits per heavy atom. The van der Waals surface area contributed by atoms with Crippen LogP contribution >= 0.6 is 0 Å². The monoisotopic (exact) mass is 224 g/mol. The van der Waals surface area contributed by atoms with Crippen molar-refractivity contribution in [3.8, 4) is 0 Å². The highest BCUT2D eigenvalue weighted by Gasteiger charge is 2.46. The van der Waals surface area contributed by atoms with E-state index in [1.807, 2.05) is 0 Å². The summed E-state index contributed by atoms with van der Waals surface area (Å²) in [5, 5.41) is 0. The second-order valence-corrected chi connectivity index (χ2v) is 2.59. The van der Waals surface area contributed by atoms with Gasteiger partial charge in [0, 0.05) is 6.42 Å². The molecule has 0 aromatic carbocycles. The molecule has 0 fully saturated rings. The Labute approximate surface area is 75.4 Å². The molecule has 0 nitrogen and oxygen atoms in total. The van der Waals surface area contributed by atoms with E-state index in [4.69, 9.17) is 0 Å². The Kier molecular flexibility index (Phi) is 3.96. The summed E-state index contributed by atoms with van der Waals surface area (Å²) in [5.74, 6) is -4.14. The zero-order valence-corrected chi connectivity index (χ0v) is 6.79. The van der Waals surface area contributed by atoms with Crippen molar-refractivity contribution in [2.75, 3.05) is 0 Å². The van der Waals surface area contributed by atoms with E-state index in [0.717, 1.165) is 0 Å². The van der Waals surface area contributed by atoms with Gasteiger partial charge >= 0.3 is 6.18 Å². The summed E-state index contributed by atoms with van der Waals surface area (Å²) in [5.41, 5.74) is 0. The van der Waals surface area contributed by atoms with E-state index < -0.39 is 30.9 Å². The lowest BCUT2D eigenvalue weighted by Gasteiger charge is -2.19. The van der Waals surface area contributed by atoms with Crippen molar-refractivity contribution in [1.82, 2.24) is 0 Å². The van der Waals surface area contributed by atoms with Gasteiger partial charge in [-0.05, 0) is 6.08 Å². The van der Waals surface area contributed by atoms with Gasteiger partial charge in [0.2, 0.25) is 0 Å². The first-order valence-corrected chi connectivity index (χ1v) is 3.47. The van der Waals surface area contributed by atoms with Gasteiger partial charge in [0.25, 0.3) is 5.92 Å². The number of rotatable bonds is 4. The zero-order chi connectivity index (χ0) is 11.6. The molecular formula is C7H7F7. The topological polar surface area (TPSA) is 0 Å². The van der Waals surface area contributed by atoms with Crippen LogP contribution in [0.15, 0.2) is 12.7 Å². The van der Waals surface area contributed by atoms with Crippen LogP contribution in [0.4, 0.5) is 30.7 Å². The highest BCUT2D eigenvalue weighted by molar-refractivity contribution is 4.94. The Balaban J connectivity index is 4.33. The molecule has 7 heteroatoms. The fourth-order valence-electron chi connectivity index (χ4n) is 0.600. The van der Waals surface area contributed by atoms with Crippen LogP contribution in [-0.4, -0.2) is 24.4 Å². The summed E-state index contributed by atoms with van der Waals surface area (Å²) in [4.78, 5) is 0. The lowest BCUT2D eigenvalue weighted by Crippen LogP contribution is -2.35. The third-order valence-corrected chi connectivity index (χ3v) is 1.46. The van der Waals surface area contributed by atoms with Gasteiger partial charge in [-0.15, -0.1) is 0 Å². The molecular weight excluding hydrogens is 217 g/mol. The maximum Gasteiger partial charge on any atom is 0.419 e. The number of allylic oxidation sites excluding steroid dienone is 1. The minimum atomic E-state index is -5.32. The van der Waals surface area contributed by atoms with Gasteiger partial charge in [0.05, 0.1) is 0 Å². The molecule has 0 rings (SSSR count). The first kappa shape index (κ1) is 13.2. The van der Waals surface area contributed by atoms with Crippen LogP contribution in [0.5, 0.6) is 0 Å². The quantitative estimate of drug-likeness (QED) is 0.506. The standard InChI is InChI=1S/C7H7F7/c1-2-6(10,11)4(8)3-5(9)7(12,13)14/h2,4-5H,1,3H2. The predicted molar refractivity (Wildman–Crippen MR) is 35.6 cm³/mol. The van der Waals surface area contributed by atoms with Crippen LogP contribution in [0.2, 0.25) is 0 Å². The van der Waals surface area contributed by atoms with Gasteiger partial charge in [-0.1, -0.05) is 6.58 Å². The Morgan fingerprint density at radius 2 is 1.43 bits per heavy atom. The molecule has 0 N–H and O–H groups in total. The van der Waals surface area contributed by atoms with Crippen LogP contribution in [-0.2, 0) is 0 Å². The molecule has 0 radical (unpaired) electrons. The lowest BCUT2D eigenvalue weighted by molar-refractivity contribution is -0.190. The molecule has 0 aromatic rings. The van der Waals surface area contributed by atoms with Gasteiger partial charge in [-0.3, -0.25) is 0 Å². The number of hydrogen-bond acceptors (Lipinski definition) is 0. The molecule has 0 aromatic heterocycles. The highest BCUT2D eigenvalue weighted by atomic mass is 19.4. The van der Waals surface area contributed by atoms with Crippen molar-refractivity contribution < 1.29 is 30.7 Å². The van der Waals surface area contributed by atoms with E-state index in [1.54, 1.807) is 0 Å². The smallest absolute Gasteiger partial charge is 0.240 e. The van der Waals surface area contributed by atoms with Gasteiger partial charge in [-0.2, -0.15) is 22.0 Å². The van der Waals surface area contributed by atoms with Gasteiger partial charge in [-0.25, -0.2) is 8.78 Å². The van der Waals surface area contributed by atoms with Crippen LogP contribution in [0, 0.1) is 0 Å². The summed E-state index contributed by atoms with van der Waals surface area (Å²) < 4.78 is 83.5. The van der Waals surface area contributed by atoms with Crippen LogP contribution in [0.3, 0.4) is 0 Å². The Bertz CT molecular complexity index is 195. The summed E-state index contributed by atoms with van der Waals surface area (Å²) in [6.45, 7) is 2.53. The Morgan fingerprint density at radius 3 is 1.71 bits per heavy atom. The van der Waals surface area contributed by atoms with Crippen molar-refractivity contribution in [3.63, 3.8) is 0 Å². The maximum atomic E-state index is 12.4. The second kappa shape index (κ2) is 4.18. The average Bonchev–Trinajstić information content (AvgIpc) is 2.02. The van der Waals surface area contributed by atoms with Crippen LogP contribution in [0.1, 0.15) is 6.42 Å². The van der Waals surface area contributed by atoms with Crippen molar-refractivity contribution in [1.29, 1.82) is 0 Å². The molecule has 0 amide bonds. The fourth-order valence-corrected chi connectivity index (χ4v) is 0.600.